The maximum atomic E-state index is 13.8. The monoisotopic (exact) mass is 587 g/mol. The smallest absolute Gasteiger partial charge is 0.245 e. The molecule has 2 fully saturated rings. The molecule has 0 aliphatic carbocycles. The molecule has 10 nitrogen and oxygen atoms in total. The fraction of sp³-hybridized carbons (Fsp3) is 0.324. The van der Waals surface area contributed by atoms with Gasteiger partial charge in [0.2, 0.25) is 5.91 Å². The quantitative estimate of drug-likeness (QED) is 0.225. The van der Waals surface area contributed by atoms with Crippen LogP contribution in [0.2, 0.25) is 0 Å². The third-order valence-corrected chi connectivity index (χ3v) is 8.73. The van der Waals surface area contributed by atoms with Gasteiger partial charge in [-0.3, -0.25) is 9.69 Å². The van der Waals surface area contributed by atoms with Gasteiger partial charge in [-0.05, 0) is 69.6 Å². The maximum absolute atomic E-state index is 13.8. The summed E-state index contributed by atoms with van der Waals surface area (Å²) in [7, 11) is 3.91. The van der Waals surface area contributed by atoms with E-state index >= 15 is 0 Å². The van der Waals surface area contributed by atoms with Gasteiger partial charge in [0.05, 0.1) is 41.6 Å². The second-order valence-corrected chi connectivity index (χ2v) is 11.9. The third kappa shape index (κ3) is 5.54. The second-order valence-electron chi connectivity index (χ2n) is 11.9. The minimum atomic E-state index is -0.331. The van der Waals surface area contributed by atoms with Gasteiger partial charge in [-0.25, -0.2) is 9.97 Å². The van der Waals surface area contributed by atoms with Crippen LogP contribution in [0.1, 0.15) is 61.0 Å². The van der Waals surface area contributed by atoms with Gasteiger partial charge in [0.25, 0.3) is 0 Å². The Kier molecular flexibility index (Phi) is 7.76. The molecule has 2 aliphatic heterocycles. The van der Waals surface area contributed by atoms with Gasteiger partial charge < -0.3 is 20.2 Å². The predicted molar refractivity (Wildman–Crippen MR) is 169 cm³/mol. The van der Waals surface area contributed by atoms with Gasteiger partial charge in [-0.15, -0.1) is 10.2 Å². The van der Waals surface area contributed by atoms with Crippen molar-refractivity contribution >= 4 is 5.91 Å². The second kappa shape index (κ2) is 12.1. The summed E-state index contributed by atoms with van der Waals surface area (Å²) in [6.45, 7) is 1.76. The van der Waals surface area contributed by atoms with E-state index in [-0.39, 0.29) is 24.0 Å². The molecule has 2 saturated heterocycles. The number of hydrogen-bond donors (Lipinski definition) is 3. The Balaban J connectivity index is 1.04. The van der Waals surface area contributed by atoms with Crippen LogP contribution in [0.4, 0.5) is 0 Å². The minimum absolute atomic E-state index is 0.0733. The first-order chi connectivity index (χ1) is 21.5. The Morgan fingerprint density at radius 1 is 0.818 bits per heavy atom. The number of aromatic nitrogens is 6. The van der Waals surface area contributed by atoms with Gasteiger partial charge in [0, 0.05) is 12.1 Å². The molecular weight excluding hydrogens is 550 g/mol. The molecule has 0 unspecified atom stereocenters. The molecule has 2 aromatic carbocycles. The minimum Gasteiger partial charge on any atom is -0.340 e. The molecule has 0 radical (unpaired) electrons. The van der Waals surface area contributed by atoms with Crippen molar-refractivity contribution in [2.24, 2.45) is 0 Å². The zero-order chi connectivity index (χ0) is 30.0. The van der Waals surface area contributed by atoms with E-state index in [1.54, 1.807) is 0 Å². The summed E-state index contributed by atoms with van der Waals surface area (Å²) in [4.78, 5) is 34.0. The topological polar surface area (TPSA) is 119 Å². The lowest BCUT2D eigenvalue weighted by Crippen LogP contribution is -2.40. The molecule has 5 aromatic rings. The van der Waals surface area contributed by atoms with Gasteiger partial charge in [-0.2, -0.15) is 0 Å². The molecular formula is C34H37N9O. The van der Waals surface area contributed by atoms with Crippen LogP contribution in [0, 0.1) is 0 Å². The summed E-state index contributed by atoms with van der Waals surface area (Å²) in [6, 6.07) is 22.1. The lowest BCUT2D eigenvalue weighted by Gasteiger charge is -2.31. The number of H-pyrrole nitrogens is 2. The van der Waals surface area contributed by atoms with Crippen molar-refractivity contribution < 1.29 is 4.79 Å². The highest BCUT2D eigenvalue weighted by Crippen LogP contribution is 2.35. The van der Waals surface area contributed by atoms with E-state index in [9.17, 15) is 4.79 Å². The molecule has 0 bridgehead atoms. The van der Waals surface area contributed by atoms with Crippen molar-refractivity contribution in [3.8, 4) is 33.9 Å². The zero-order valence-electron chi connectivity index (χ0n) is 25.1. The van der Waals surface area contributed by atoms with Crippen LogP contribution in [0.5, 0.6) is 0 Å². The van der Waals surface area contributed by atoms with E-state index < -0.39 is 0 Å². The van der Waals surface area contributed by atoms with E-state index in [0.29, 0.717) is 0 Å². The number of rotatable bonds is 8. The van der Waals surface area contributed by atoms with E-state index in [4.69, 9.17) is 4.98 Å². The maximum Gasteiger partial charge on any atom is 0.245 e. The molecule has 3 aromatic heterocycles. The van der Waals surface area contributed by atoms with E-state index in [2.05, 4.69) is 42.6 Å². The molecule has 10 heteroatoms. The van der Waals surface area contributed by atoms with E-state index in [1.165, 1.54) is 6.42 Å². The van der Waals surface area contributed by atoms with Crippen LogP contribution in [0.3, 0.4) is 0 Å². The summed E-state index contributed by atoms with van der Waals surface area (Å²) in [5.41, 5.74) is 6.37. The number of carbonyl (C=O) groups excluding carboxylic acids is 1. The SMILES string of the molecule is CN(C)[C@@H](C(=O)N1CCC[C@H]1c1ncc(-c2ccc(-c3ccc(-c4cnc([C@@H]5CCCN5)[nH]4)nn3)cc2)[nH]1)c1ccccc1. The summed E-state index contributed by atoms with van der Waals surface area (Å²) in [5.74, 6) is 1.89. The van der Waals surface area contributed by atoms with Crippen LogP contribution in [-0.2, 0) is 4.79 Å². The highest BCUT2D eigenvalue weighted by molar-refractivity contribution is 5.84. The van der Waals surface area contributed by atoms with Gasteiger partial charge >= 0.3 is 0 Å². The molecule has 7 rings (SSSR count). The van der Waals surface area contributed by atoms with Crippen LogP contribution in [-0.4, -0.2) is 73.0 Å². The Labute approximate surface area is 257 Å². The number of benzene rings is 2. The van der Waals surface area contributed by atoms with Crippen LogP contribution in [0.25, 0.3) is 33.9 Å². The molecule has 5 heterocycles. The molecule has 2 aliphatic rings. The predicted octanol–water partition coefficient (Wildman–Crippen LogP) is 5.31. The summed E-state index contributed by atoms with van der Waals surface area (Å²) in [5, 5.41) is 12.4. The largest absolute Gasteiger partial charge is 0.340 e. The van der Waals surface area contributed by atoms with Crippen molar-refractivity contribution in [2.75, 3.05) is 27.2 Å². The summed E-state index contributed by atoms with van der Waals surface area (Å²) < 4.78 is 0. The van der Waals surface area contributed by atoms with E-state index in [0.717, 1.165) is 83.5 Å². The standard InChI is InChI=1S/C34H37N9O/c1-42(2)31(24-8-4-3-5-9-24)34(44)43-19-7-11-30(43)33-37-20-28(38-33)23-14-12-22(13-15-23)25-16-17-26(41-40-25)29-21-36-32(39-29)27-10-6-18-35-27/h3-5,8-9,12-17,20-21,27,30-31,35H,6-7,10-11,18-19H2,1-2H3,(H,36,39)(H,37,38)/t27-,30-,31+/m0/s1. The molecule has 3 N–H and O–H groups in total. The fourth-order valence-corrected chi connectivity index (χ4v) is 6.43. The van der Waals surface area contributed by atoms with Gasteiger partial charge in [0.15, 0.2) is 0 Å². The highest BCUT2D eigenvalue weighted by atomic mass is 16.2. The number of likely N-dealkylation sites (N-methyl/N-ethyl adjacent to an activating group) is 1. The normalized spacial score (nSPS) is 19.1. The fourth-order valence-electron chi connectivity index (χ4n) is 6.43. The molecule has 0 saturated carbocycles. The lowest BCUT2D eigenvalue weighted by atomic mass is 10.0. The lowest BCUT2D eigenvalue weighted by molar-refractivity contribution is -0.137. The molecule has 0 spiro atoms. The van der Waals surface area contributed by atoms with E-state index in [1.807, 2.05) is 90.9 Å². The number of hydrogen-bond acceptors (Lipinski definition) is 7. The van der Waals surface area contributed by atoms with Gasteiger partial charge in [0.1, 0.15) is 23.4 Å². The number of carbonyl (C=O) groups is 1. The number of amides is 1. The van der Waals surface area contributed by atoms with Crippen molar-refractivity contribution in [3.05, 3.63) is 96.3 Å². The Hall–Kier alpha value is -4.67. The molecule has 224 valence electrons. The molecule has 1 amide bonds. The van der Waals surface area contributed by atoms with Crippen molar-refractivity contribution in [3.63, 3.8) is 0 Å². The Morgan fingerprint density at radius 2 is 1.52 bits per heavy atom. The van der Waals surface area contributed by atoms with Crippen LogP contribution >= 0.6 is 0 Å². The average molecular weight is 588 g/mol. The third-order valence-electron chi connectivity index (χ3n) is 8.73. The average Bonchev–Trinajstić information content (AvgIpc) is 3.88. The number of nitrogens with one attached hydrogen (secondary N) is 3. The Bertz CT molecular complexity index is 1700. The Morgan fingerprint density at radius 3 is 2.25 bits per heavy atom. The van der Waals surface area contributed by atoms with Crippen LogP contribution < -0.4 is 5.32 Å². The van der Waals surface area contributed by atoms with Crippen LogP contribution in [0.15, 0.2) is 79.1 Å². The first kappa shape index (κ1) is 28.1. The summed E-state index contributed by atoms with van der Waals surface area (Å²) in [6.07, 6.45) is 7.80. The molecule has 3 atom stereocenters. The summed E-state index contributed by atoms with van der Waals surface area (Å²) >= 11 is 0. The number of likely N-dealkylation sites (tertiary alicyclic amines) is 1. The van der Waals surface area contributed by atoms with Gasteiger partial charge in [-0.1, -0.05) is 54.6 Å². The van der Waals surface area contributed by atoms with Crippen molar-refractivity contribution in [2.45, 2.75) is 43.8 Å². The zero-order valence-corrected chi connectivity index (χ0v) is 25.1. The first-order valence-electron chi connectivity index (χ1n) is 15.3. The number of imidazole rings is 2. The van der Waals surface area contributed by atoms with Crippen molar-refractivity contribution in [1.82, 2.24) is 45.2 Å². The first-order valence-corrected chi connectivity index (χ1v) is 15.3. The highest BCUT2D eigenvalue weighted by Gasteiger charge is 2.37. The molecule has 44 heavy (non-hydrogen) atoms. The van der Waals surface area contributed by atoms with Crippen molar-refractivity contribution in [1.29, 1.82) is 0 Å². The number of nitrogens with zero attached hydrogens (tertiary/aromatic N) is 6. The number of aromatic amines is 2.